The van der Waals surface area contributed by atoms with Crippen molar-refractivity contribution in [1.82, 2.24) is 14.7 Å². The first-order valence-corrected chi connectivity index (χ1v) is 7.88. The smallest absolute Gasteiger partial charge is 0.0597 e. The summed E-state index contributed by atoms with van der Waals surface area (Å²) in [7, 11) is 1.98. The molecule has 0 spiro atoms. The molecule has 0 amide bonds. The summed E-state index contributed by atoms with van der Waals surface area (Å²) < 4.78 is 1.93. The number of aliphatic hydroxyl groups is 1. The lowest BCUT2D eigenvalue weighted by Gasteiger charge is -2.29. The Morgan fingerprint density at radius 1 is 1.45 bits per heavy atom. The second-order valence-electron chi connectivity index (χ2n) is 5.13. The van der Waals surface area contributed by atoms with Crippen molar-refractivity contribution in [2.75, 3.05) is 6.61 Å². The first-order valence-electron chi connectivity index (χ1n) is 7.00. The van der Waals surface area contributed by atoms with E-state index in [1.165, 1.54) is 10.6 Å². The zero-order valence-corrected chi connectivity index (χ0v) is 13.2. The first-order chi connectivity index (χ1) is 9.63. The number of rotatable bonds is 7. The molecule has 0 bridgehead atoms. The number of aryl methyl sites for hydroxylation is 2. The number of hydrogen-bond acceptors (Lipinski definition) is 4. The second kappa shape index (κ2) is 7.02. The van der Waals surface area contributed by atoms with Crippen LogP contribution in [-0.2, 0) is 20.1 Å². The van der Waals surface area contributed by atoms with Crippen LogP contribution in [0, 0.1) is 6.92 Å². The molecule has 1 unspecified atom stereocenters. The maximum Gasteiger partial charge on any atom is 0.0597 e. The fraction of sp³-hybridized carbons (Fsp3) is 0.533. The SMILES string of the molecule is CCC(CO)N(Cc1cccs1)Cc1cc(C)nn1C. The Bertz CT molecular complexity index is 517. The lowest BCUT2D eigenvalue weighted by atomic mass is 10.2. The molecule has 0 radical (unpaired) electrons. The molecular formula is C15H23N3OS. The van der Waals surface area contributed by atoms with Crippen molar-refractivity contribution in [2.24, 2.45) is 7.05 Å². The minimum atomic E-state index is 0.187. The van der Waals surface area contributed by atoms with Crippen LogP contribution in [0.1, 0.15) is 29.6 Å². The van der Waals surface area contributed by atoms with Crippen LogP contribution in [0.5, 0.6) is 0 Å². The quantitative estimate of drug-likeness (QED) is 0.853. The summed E-state index contributed by atoms with van der Waals surface area (Å²) in [6.07, 6.45) is 0.943. The second-order valence-corrected chi connectivity index (χ2v) is 6.16. The Kier molecular flexibility index (Phi) is 5.34. The van der Waals surface area contributed by atoms with Crippen LogP contribution < -0.4 is 0 Å². The minimum Gasteiger partial charge on any atom is -0.395 e. The van der Waals surface area contributed by atoms with Crippen LogP contribution >= 0.6 is 11.3 Å². The summed E-state index contributed by atoms with van der Waals surface area (Å²) in [5.74, 6) is 0. The van der Waals surface area contributed by atoms with E-state index in [9.17, 15) is 5.11 Å². The van der Waals surface area contributed by atoms with Crippen LogP contribution in [0.25, 0.3) is 0 Å². The fourth-order valence-electron chi connectivity index (χ4n) is 2.44. The minimum absolute atomic E-state index is 0.187. The van der Waals surface area contributed by atoms with E-state index in [0.717, 1.165) is 25.2 Å². The lowest BCUT2D eigenvalue weighted by Crippen LogP contribution is -2.36. The van der Waals surface area contributed by atoms with Crippen molar-refractivity contribution < 1.29 is 5.11 Å². The van der Waals surface area contributed by atoms with Crippen molar-refractivity contribution in [3.63, 3.8) is 0 Å². The van der Waals surface area contributed by atoms with Crippen LogP contribution in [0.3, 0.4) is 0 Å². The zero-order chi connectivity index (χ0) is 14.5. The highest BCUT2D eigenvalue weighted by Crippen LogP contribution is 2.18. The molecule has 0 saturated heterocycles. The normalized spacial score (nSPS) is 13.1. The molecule has 0 aliphatic heterocycles. The number of aromatic nitrogens is 2. The predicted octanol–water partition coefficient (Wildman–Crippen LogP) is 2.56. The largest absolute Gasteiger partial charge is 0.395 e. The van der Waals surface area contributed by atoms with Crippen molar-refractivity contribution in [1.29, 1.82) is 0 Å². The van der Waals surface area contributed by atoms with Crippen molar-refractivity contribution in [3.8, 4) is 0 Å². The number of thiophene rings is 1. The summed E-state index contributed by atoms with van der Waals surface area (Å²) in [5, 5.41) is 16.1. The van der Waals surface area contributed by atoms with Gasteiger partial charge in [0.15, 0.2) is 0 Å². The first kappa shape index (κ1) is 15.2. The van der Waals surface area contributed by atoms with E-state index in [1.54, 1.807) is 11.3 Å². The Morgan fingerprint density at radius 2 is 2.25 bits per heavy atom. The highest BCUT2D eigenvalue weighted by molar-refractivity contribution is 7.09. The molecule has 0 aromatic carbocycles. The van der Waals surface area contributed by atoms with E-state index in [4.69, 9.17) is 0 Å². The van der Waals surface area contributed by atoms with Crippen LogP contribution in [0.15, 0.2) is 23.6 Å². The highest BCUT2D eigenvalue weighted by atomic mass is 32.1. The molecule has 2 aromatic rings. The number of hydrogen-bond donors (Lipinski definition) is 1. The molecule has 2 aromatic heterocycles. The summed E-state index contributed by atoms with van der Waals surface area (Å²) in [6.45, 7) is 6.02. The summed E-state index contributed by atoms with van der Waals surface area (Å²) >= 11 is 1.76. The van der Waals surface area contributed by atoms with Gasteiger partial charge < -0.3 is 5.11 Å². The molecule has 110 valence electrons. The molecule has 0 aliphatic rings. The third-order valence-electron chi connectivity index (χ3n) is 3.60. The highest BCUT2D eigenvalue weighted by Gasteiger charge is 2.18. The molecule has 4 nitrogen and oxygen atoms in total. The van der Waals surface area contributed by atoms with E-state index < -0.39 is 0 Å². The topological polar surface area (TPSA) is 41.3 Å². The van der Waals surface area contributed by atoms with E-state index in [-0.39, 0.29) is 12.6 Å². The molecular weight excluding hydrogens is 270 g/mol. The number of nitrogens with zero attached hydrogens (tertiary/aromatic N) is 3. The van der Waals surface area contributed by atoms with Gasteiger partial charge in [-0.15, -0.1) is 11.3 Å². The molecule has 5 heteroatoms. The summed E-state index contributed by atoms with van der Waals surface area (Å²) in [5.41, 5.74) is 2.22. The van der Waals surface area contributed by atoms with Gasteiger partial charge in [-0.05, 0) is 30.9 Å². The lowest BCUT2D eigenvalue weighted by molar-refractivity contribution is 0.105. The van der Waals surface area contributed by atoms with Gasteiger partial charge in [0.2, 0.25) is 0 Å². The monoisotopic (exact) mass is 293 g/mol. The molecule has 1 atom stereocenters. The summed E-state index contributed by atoms with van der Waals surface area (Å²) in [6, 6.07) is 6.53. The van der Waals surface area contributed by atoms with Crippen LogP contribution in [0.4, 0.5) is 0 Å². The standard InChI is InChI=1S/C15H23N3OS/c1-4-13(11-19)18(10-15-6-5-7-20-15)9-14-8-12(2)16-17(14)3/h5-8,13,19H,4,9-11H2,1-3H3. The van der Waals surface area contributed by atoms with Crippen molar-refractivity contribution in [3.05, 3.63) is 39.8 Å². The van der Waals surface area contributed by atoms with Gasteiger partial charge in [0.05, 0.1) is 18.0 Å². The van der Waals surface area contributed by atoms with Gasteiger partial charge in [-0.2, -0.15) is 5.10 Å². The van der Waals surface area contributed by atoms with Crippen molar-refractivity contribution >= 4 is 11.3 Å². The van der Waals surface area contributed by atoms with Gasteiger partial charge in [0, 0.05) is 31.1 Å². The Hall–Kier alpha value is -1.17. The zero-order valence-electron chi connectivity index (χ0n) is 12.4. The Balaban J connectivity index is 2.15. The van der Waals surface area contributed by atoms with Gasteiger partial charge in [0.25, 0.3) is 0 Å². The third kappa shape index (κ3) is 3.69. The maximum absolute atomic E-state index is 9.62. The van der Waals surface area contributed by atoms with E-state index in [2.05, 4.69) is 40.5 Å². The molecule has 0 aliphatic carbocycles. The molecule has 0 fully saturated rings. The molecule has 2 heterocycles. The fourth-order valence-corrected chi connectivity index (χ4v) is 3.17. The van der Waals surface area contributed by atoms with Crippen molar-refractivity contribution in [2.45, 2.75) is 39.4 Å². The molecule has 1 N–H and O–H groups in total. The predicted molar refractivity (Wildman–Crippen MR) is 82.7 cm³/mol. The number of aliphatic hydroxyl groups excluding tert-OH is 1. The van der Waals surface area contributed by atoms with Gasteiger partial charge in [-0.25, -0.2) is 0 Å². The Labute approximate surface area is 124 Å². The maximum atomic E-state index is 9.62. The molecule has 20 heavy (non-hydrogen) atoms. The van der Waals surface area contributed by atoms with Crippen LogP contribution in [-0.4, -0.2) is 32.4 Å². The van der Waals surface area contributed by atoms with E-state index in [1.807, 2.05) is 18.7 Å². The molecule has 2 rings (SSSR count). The van der Waals surface area contributed by atoms with E-state index in [0.29, 0.717) is 0 Å². The van der Waals surface area contributed by atoms with E-state index >= 15 is 0 Å². The third-order valence-corrected chi connectivity index (χ3v) is 4.46. The van der Waals surface area contributed by atoms with Gasteiger partial charge >= 0.3 is 0 Å². The van der Waals surface area contributed by atoms with Gasteiger partial charge in [-0.3, -0.25) is 9.58 Å². The molecule has 0 saturated carbocycles. The average molecular weight is 293 g/mol. The average Bonchev–Trinajstić information content (AvgIpc) is 3.01. The van der Waals surface area contributed by atoms with Gasteiger partial charge in [-0.1, -0.05) is 13.0 Å². The van der Waals surface area contributed by atoms with Gasteiger partial charge in [0.1, 0.15) is 0 Å². The van der Waals surface area contributed by atoms with Crippen LogP contribution in [0.2, 0.25) is 0 Å². The summed E-state index contributed by atoms with van der Waals surface area (Å²) in [4.78, 5) is 3.67. The Morgan fingerprint density at radius 3 is 2.75 bits per heavy atom.